The minimum atomic E-state index is -5.04. The van der Waals surface area contributed by atoms with Crippen molar-refractivity contribution in [3.8, 4) is 11.3 Å². The van der Waals surface area contributed by atoms with Gasteiger partial charge < -0.3 is 0 Å². The summed E-state index contributed by atoms with van der Waals surface area (Å²) in [5, 5.41) is 1.51. The van der Waals surface area contributed by atoms with Gasteiger partial charge in [-0.15, -0.1) is 11.3 Å². The molecule has 168 valence electrons. The third-order valence-corrected chi connectivity index (χ3v) is 6.50. The zero-order chi connectivity index (χ0) is 23.8. The number of ketones is 1. The van der Waals surface area contributed by atoms with E-state index in [-0.39, 0.29) is 20.5 Å². The van der Waals surface area contributed by atoms with Gasteiger partial charge in [0.1, 0.15) is 5.69 Å². The Morgan fingerprint density at radius 2 is 1.73 bits per heavy atom. The van der Waals surface area contributed by atoms with Crippen LogP contribution >= 0.6 is 34.5 Å². The van der Waals surface area contributed by atoms with Gasteiger partial charge in [0, 0.05) is 5.56 Å². The van der Waals surface area contributed by atoms with Gasteiger partial charge in [0.15, 0.2) is 0 Å². The van der Waals surface area contributed by atoms with E-state index in [2.05, 4.69) is 4.98 Å². The summed E-state index contributed by atoms with van der Waals surface area (Å²) in [5.74, 6) is -0.919. The molecule has 2 aromatic carbocycles. The quantitative estimate of drug-likeness (QED) is 0.286. The lowest BCUT2D eigenvalue weighted by Gasteiger charge is -2.21. The molecular formula is C23H13Cl2F3N2O2S. The number of alkyl halides is 3. The molecule has 0 aliphatic heterocycles. The third kappa shape index (κ3) is 4.59. The lowest BCUT2D eigenvalue weighted by Crippen LogP contribution is -2.34. The summed E-state index contributed by atoms with van der Waals surface area (Å²) in [6.07, 6.45) is -5.04. The first-order valence-electron chi connectivity index (χ1n) is 9.47. The number of carbonyl (C=O) groups is 1. The number of hydrogen-bond acceptors (Lipinski definition) is 4. The topological polar surface area (TPSA) is 52.0 Å². The maximum Gasteiger partial charge on any atom is 0.432 e. The van der Waals surface area contributed by atoms with Crippen LogP contribution < -0.4 is 5.69 Å². The molecule has 0 unspecified atom stereocenters. The van der Waals surface area contributed by atoms with E-state index in [0.29, 0.717) is 10.1 Å². The lowest BCUT2D eigenvalue weighted by atomic mass is 9.98. The summed E-state index contributed by atoms with van der Waals surface area (Å²) in [7, 11) is 0. The Kier molecular flexibility index (Phi) is 6.43. The summed E-state index contributed by atoms with van der Waals surface area (Å²) >= 11 is 13.3. The maximum atomic E-state index is 14.5. The second-order valence-electron chi connectivity index (χ2n) is 6.94. The van der Waals surface area contributed by atoms with Crippen molar-refractivity contribution in [3.63, 3.8) is 0 Å². The van der Waals surface area contributed by atoms with Gasteiger partial charge in [0.25, 0.3) is 0 Å². The summed E-state index contributed by atoms with van der Waals surface area (Å²) in [6, 6.07) is 15.3. The van der Waals surface area contributed by atoms with Crippen LogP contribution in [0.25, 0.3) is 11.3 Å². The first kappa shape index (κ1) is 23.2. The first-order valence-corrected chi connectivity index (χ1v) is 11.1. The average Bonchev–Trinajstić information content (AvgIpc) is 3.31. The number of thiophene rings is 1. The lowest BCUT2D eigenvalue weighted by molar-refractivity contribution is -0.144. The summed E-state index contributed by atoms with van der Waals surface area (Å²) in [5.41, 5.74) is -3.39. The second kappa shape index (κ2) is 9.13. The number of rotatable bonds is 5. The van der Waals surface area contributed by atoms with E-state index in [1.54, 1.807) is 41.8 Å². The van der Waals surface area contributed by atoms with Crippen molar-refractivity contribution >= 4 is 40.3 Å². The van der Waals surface area contributed by atoms with Gasteiger partial charge in [-0.25, -0.2) is 4.79 Å². The number of hydrogen-bond donors (Lipinski definition) is 0. The van der Waals surface area contributed by atoms with E-state index in [4.69, 9.17) is 23.2 Å². The van der Waals surface area contributed by atoms with E-state index < -0.39 is 41.1 Å². The number of nitrogens with zero attached hydrogens (tertiary/aromatic N) is 2. The Morgan fingerprint density at radius 3 is 2.36 bits per heavy atom. The van der Waals surface area contributed by atoms with Crippen molar-refractivity contribution in [3.05, 3.63) is 108 Å². The fraction of sp³-hybridized carbons (Fsp3) is 0.0870. The van der Waals surface area contributed by atoms with E-state index in [1.807, 2.05) is 0 Å². The molecule has 2 heterocycles. The van der Waals surface area contributed by atoms with Crippen LogP contribution in [0.2, 0.25) is 10.0 Å². The van der Waals surface area contributed by atoms with Gasteiger partial charge in [-0.1, -0.05) is 71.7 Å². The van der Waals surface area contributed by atoms with Crippen molar-refractivity contribution in [2.75, 3.05) is 0 Å². The molecule has 0 amide bonds. The molecule has 0 spiro atoms. The predicted octanol–water partition coefficient (Wildman–Crippen LogP) is 6.58. The molecular weight excluding hydrogens is 496 g/mol. The minimum Gasteiger partial charge on any atom is -0.288 e. The van der Waals surface area contributed by atoms with Crippen LogP contribution in [0.3, 0.4) is 0 Å². The number of benzene rings is 2. The molecule has 0 N–H and O–H groups in total. The summed E-state index contributed by atoms with van der Waals surface area (Å²) in [6.45, 7) is -0.421. The van der Waals surface area contributed by atoms with E-state index in [1.165, 1.54) is 24.3 Å². The van der Waals surface area contributed by atoms with Crippen molar-refractivity contribution in [2.24, 2.45) is 0 Å². The maximum absolute atomic E-state index is 14.5. The fourth-order valence-corrected chi connectivity index (χ4v) is 4.45. The van der Waals surface area contributed by atoms with Crippen molar-refractivity contribution in [1.29, 1.82) is 0 Å². The van der Waals surface area contributed by atoms with Crippen LogP contribution in [-0.4, -0.2) is 15.3 Å². The first-order chi connectivity index (χ1) is 15.7. The van der Waals surface area contributed by atoms with Gasteiger partial charge in [0.2, 0.25) is 5.78 Å². The van der Waals surface area contributed by atoms with E-state index >= 15 is 0 Å². The molecule has 0 saturated carbocycles. The highest BCUT2D eigenvalue weighted by atomic mass is 35.5. The van der Waals surface area contributed by atoms with Crippen LogP contribution in [0, 0.1) is 0 Å². The van der Waals surface area contributed by atoms with Crippen LogP contribution in [0.15, 0.2) is 70.8 Å². The van der Waals surface area contributed by atoms with Crippen LogP contribution in [0.4, 0.5) is 13.2 Å². The number of carbonyl (C=O) groups excluding carboxylic acids is 1. The van der Waals surface area contributed by atoms with E-state index in [9.17, 15) is 22.8 Å². The van der Waals surface area contributed by atoms with Crippen LogP contribution in [0.5, 0.6) is 0 Å². The van der Waals surface area contributed by atoms with Gasteiger partial charge in [-0.2, -0.15) is 18.2 Å². The third-order valence-electron chi connectivity index (χ3n) is 4.81. The molecule has 0 radical (unpaired) electrons. The molecule has 0 saturated heterocycles. The standard InChI is InChI=1S/C23H13Cl2F3N2O2S/c24-15-9-4-8-14(18(15)25)19-17(20(31)16-10-5-11-33-16)21(23(26,27)28)30(22(32)29-19)12-13-6-2-1-3-7-13/h1-11H,12H2. The van der Waals surface area contributed by atoms with Crippen molar-refractivity contribution in [2.45, 2.75) is 12.7 Å². The smallest absolute Gasteiger partial charge is 0.288 e. The molecule has 4 aromatic rings. The molecule has 4 nitrogen and oxygen atoms in total. The molecule has 10 heteroatoms. The Labute approximate surface area is 199 Å². The molecule has 2 aromatic heterocycles. The highest BCUT2D eigenvalue weighted by Crippen LogP contribution is 2.40. The Bertz CT molecular complexity index is 1390. The van der Waals surface area contributed by atoms with Crippen LogP contribution in [0.1, 0.15) is 26.5 Å². The monoisotopic (exact) mass is 508 g/mol. The van der Waals surface area contributed by atoms with Crippen molar-refractivity contribution in [1.82, 2.24) is 9.55 Å². The predicted molar refractivity (Wildman–Crippen MR) is 122 cm³/mol. The fourth-order valence-electron chi connectivity index (χ4n) is 3.39. The molecule has 0 fully saturated rings. The molecule has 33 heavy (non-hydrogen) atoms. The zero-order valence-corrected chi connectivity index (χ0v) is 18.9. The number of halogens is 5. The molecule has 4 rings (SSSR count). The second-order valence-corrected chi connectivity index (χ2v) is 8.68. The minimum absolute atomic E-state index is 0.0430. The number of aromatic nitrogens is 2. The average molecular weight is 509 g/mol. The molecule has 0 aliphatic carbocycles. The van der Waals surface area contributed by atoms with Gasteiger partial charge in [0.05, 0.1) is 32.7 Å². The highest BCUT2D eigenvalue weighted by Gasteiger charge is 2.42. The molecule has 0 aliphatic rings. The Hall–Kier alpha value is -2.94. The van der Waals surface area contributed by atoms with Gasteiger partial charge >= 0.3 is 11.9 Å². The Balaban J connectivity index is 2.10. The van der Waals surface area contributed by atoms with Crippen molar-refractivity contribution < 1.29 is 18.0 Å². The molecule has 0 bridgehead atoms. The van der Waals surface area contributed by atoms with Crippen LogP contribution in [-0.2, 0) is 12.7 Å². The SMILES string of the molecule is O=C(c1cccs1)c1c(-c2cccc(Cl)c2Cl)nc(=O)n(Cc2ccccc2)c1C(F)(F)F. The largest absolute Gasteiger partial charge is 0.432 e. The van der Waals surface area contributed by atoms with E-state index in [0.717, 1.165) is 11.3 Å². The van der Waals surface area contributed by atoms with Gasteiger partial charge in [-0.05, 0) is 23.1 Å². The highest BCUT2D eigenvalue weighted by molar-refractivity contribution is 7.12. The zero-order valence-electron chi connectivity index (χ0n) is 16.6. The summed E-state index contributed by atoms with van der Waals surface area (Å²) < 4.78 is 43.9. The van der Waals surface area contributed by atoms with Gasteiger partial charge in [-0.3, -0.25) is 9.36 Å². The molecule has 0 atom stereocenters. The Morgan fingerprint density at radius 1 is 1.00 bits per heavy atom. The summed E-state index contributed by atoms with van der Waals surface area (Å²) in [4.78, 5) is 30.2. The normalized spacial score (nSPS) is 11.5.